The fourth-order valence-electron chi connectivity index (χ4n) is 2.71. The smallest absolute Gasteiger partial charge is 0.303 e. The van der Waals surface area contributed by atoms with E-state index in [0.29, 0.717) is 17.6 Å². The summed E-state index contributed by atoms with van der Waals surface area (Å²) in [5.41, 5.74) is 1.17. The number of benzene rings is 1. The Morgan fingerprint density at radius 3 is 2.80 bits per heavy atom. The molecule has 0 aliphatic heterocycles. The molecule has 1 saturated carbocycles. The van der Waals surface area contributed by atoms with Crippen molar-refractivity contribution in [2.45, 2.75) is 52.1 Å². The van der Waals surface area contributed by atoms with Crippen LogP contribution in [-0.2, 0) is 11.2 Å². The summed E-state index contributed by atoms with van der Waals surface area (Å²) < 4.78 is 5.89. The van der Waals surface area contributed by atoms with Gasteiger partial charge in [-0.25, -0.2) is 0 Å². The second kappa shape index (κ2) is 5.73. The van der Waals surface area contributed by atoms with Crippen LogP contribution in [0.3, 0.4) is 0 Å². The maximum Gasteiger partial charge on any atom is 0.303 e. The van der Waals surface area contributed by atoms with Crippen molar-refractivity contribution in [1.29, 1.82) is 0 Å². The lowest BCUT2D eigenvalue weighted by molar-refractivity contribution is -0.136. The summed E-state index contributed by atoms with van der Waals surface area (Å²) in [4.78, 5) is 10.6. The Morgan fingerprint density at radius 2 is 2.20 bits per heavy atom. The van der Waals surface area contributed by atoms with Crippen molar-refractivity contribution in [1.82, 2.24) is 0 Å². The van der Waals surface area contributed by atoms with Gasteiger partial charge in [0.25, 0.3) is 0 Å². The van der Waals surface area contributed by atoms with Crippen molar-refractivity contribution in [3.05, 3.63) is 23.8 Å². The Bertz CT molecular complexity index is 493. The van der Waals surface area contributed by atoms with Gasteiger partial charge in [0.2, 0.25) is 0 Å². The van der Waals surface area contributed by atoms with Crippen molar-refractivity contribution < 1.29 is 19.7 Å². The number of phenols is 1. The van der Waals surface area contributed by atoms with Gasteiger partial charge in [-0.1, -0.05) is 19.9 Å². The third kappa shape index (κ3) is 3.89. The summed E-state index contributed by atoms with van der Waals surface area (Å²) in [5.74, 6) is -0.234. The Hall–Kier alpha value is -1.71. The molecule has 20 heavy (non-hydrogen) atoms. The lowest BCUT2D eigenvalue weighted by Crippen LogP contribution is -2.15. The molecule has 1 aliphatic rings. The molecular weight excluding hydrogens is 256 g/mol. The predicted molar refractivity (Wildman–Crippen MR) is 76.1 cm³/mol. The highest BCUT2D eigenvalue weighted by Gasteiger charge is 2.32. The van der Waals surface area contributed by atoms with Gasteiger partial charge in [-0.2, -0.15) is 0 Å². The molecule has 4 heteroatoms. The maximum atomic E-state index is 10.6. The highest BCUT2D eigenvalue weighted by atomic mass is 16.5. The fourth-order valence-corrected chi connectivity index (χ4v) is 2.71. The number of carbonyl (C=O) groups is 1. The van der Waals surface area contributed by atoms with E-state index in [2.05, 4.69) is 13.8 Å². The SMILES string of the molecule is CC1(C)CCC(Oc2cc(CCC(=O)O)ccc2O)C1. The van der Waals surface area contributed by atoms with Gasteiger partial charge in [0.1, 0.15) is 0 Å². The number of aromatic hydroxyl groups is 1. The Labute approximate surface area is 119 Å². The number of aryl methyl sites for hydroxylation is 1. The first-order valence-corrected chi connectivity index (χ1v) is 7.06. The number of hydrogen-bond acceptors (Lipinski definition) is 3. The third-order valence-corrected chi connectivity index (χ3v) is 3.87. The Morgan fingerprint density at radius 1 is 1.45 bits per heavy atom. The molecule has 4 nitrogen and oxygen atoms in total. The van der Waals surface area contributed by atoms with Gasteiger partial charge in [-0.05, 0) is 48.8 Å². The van der Waals surface area contributed by atoms with Gasteiger partial charge in [0, 0.05) is 6.42 Å². The van der Waals surface area contributed by atoms with Gasteiger partial charge in [-0.15, -0.1) is 0 Å². The van der Waals surface area contributed by atoms with Gasteiger partial charge in [0.05, 0.1) is 6.10 Å². The Kier molecular flexibility index (Phi) is 4.21. The number of phenolic OH excluding ortho intramolecular Hbond substituents is 1. The number of hydrogen-bond donors (Lipinski definition) is 2. The molecule has 0 heterocycles. The molecule has 0 amide bonds. The number of rotatable bonds is 5. The van der Waals surface area contributed by atoms with Crippen molar-refractivity contribution in [2.75, 3.05) is 0 Å². The van der Waals surface area contributed by atoms with Crippen molar-refractivity contribution >= 4 is 5.97 Å². The van der Waals surface area contributed by atoms with Gasteiger partial charge < -0.3 is 14.9 Å². The molecule has 1 aromatic carbocycles. The van der Waals surface area contributed by atoms with Crippen molar-refractivity contribution in [2.24, 2.45) is 5.41 Å². The average Bonchev–Trinajstić information content (AvgIpc) is 2.69. The molecule has 1 unspecified atom stereocenters. The second-order valence-electron chi connectivity index (χ2n) is 6.34. The molecule has 0 radical (unpaired) electrons. The van der Waals surface area contributed by atoms with Crippen molar-refractivity contribution in [3.63, 3.8) is 0 Å². The highest BCUT2D eigenvalue weighted by molar-refractivity contribution is 5.67. The minimum Gasteiger partial charge on any atom is -0.504 e. The minimum atomic E-state index is -0.821. The first-order valence-electron chi connectivity index (χ1n) is 7.06. The zero-order valence-corrected chi connectivity index (χ0v) is 12.1. The number of carboxylic acids is 1. The predicted octanol–water partition coefficient (Wildman–Crippen LogP) is 3.37. The van der Waals surface area contributed by atoms with Crippen LogP contribution in [-0.4, -0.2) is 22.3 Å². The van der Waals surface area contributed by atoms with Crippen LogP contribution in [0.25, 0.3) is 0 Å². The molecule has 2 N–H and O–H groups in total. The van der Waals surface area contributed by atoms with Crippen LogP contribution in [0.1, 0.15) is 45.1 Å². The standard InChI is InChI=1S/C16H22O4/c1-16(2)8-7-12(10-16)20-14-9-11(3-5-13(14)17)4-6-15(18)19/h3,5,9,12,17H,4,6-8,10H2,1-2H3,(H,18,19). The highest BCUT2D eigenvalue weighted by Crippen LogP contribution is 2.40. The van der Waals surface area contributed by atoms with Crippen LogP contribution in [0, 0.1) is 5.41 Å². The normalized spacial score (nSPS) is 20.8. The lowest BCUT2D eigenvalue weighted by Gasteiger charge is -2.19. The average molecular weight is 278 g/mol. The number of ether oxygens (including phenoxy) is 1. The van der Waals surface area contributed by atoms with Crippen LogP contribution < -0.4 is 4.74 Å². The number of aliphatic carboxylic acids is 1. The summed E-state index contributed by atoms with van der Waals surface area (Å²) in [6.45, 7) is 4.44. The van der Waals surface area contributed by atoms with E-state index < -0.39 is 5.97 Å². The summed E-state index contributed by atoms with van der Waals surface area (Å²) in [6, 6.07) is 5.07. The van der Waals surface area contributed by atoms with E-state index in [4.69, 9.17) is 9.84 Å². The largest absolute Gasteiger partial charge is 0.504 e. The molecule has 110 valence electrons. The number of carboxylic acid groups (broad SMARTS) is 1. The fraction of sp³-hybridized carbons (Fsp3) is 0.562. The molecule has 0 spiro atoms. The zero-order chi connectivity index (χ0) is 14.8. The van der Waals surface area contributed by atoms with Crippen LogP contribution in [0.15, 0.2) is 18.2 Å². The van der Waals surface area contributed by atoms with E-state index >= 15 is 0 Å². The van der Waals surface area contributed by atoms with E-state index in [0.717, 1.165) is 24.8 Å². The Balaban J connectivity index is 2.03. The molecule has 1 atom stereocenters. The summed E-state index contributed by atoms with van der Waals surface area (Å²) in [7, 11) is 0. The summed E-state index contributed by atoms with van der Waals surface area (Å²) in [5, 5.41) is 18.6. The molecular formula is C16H22O4. The molecule has 1 aliphatic carbocycles. The quantitative estimate of drug-likeness (QED) is 0.866. The van der Waals surface area contributed by atoms with Gasteiger partial charge >= 0.3 is 5.97 Å². The molecule has 0 bridgehead atoms. The first kappa shape index (κ1) is 14.7. The monoisotopic (exact) mass is 278 g/mol. The molecule has 1 fully saturated rings. The minimum absolute atomic E-state index is 0.0840. The maximum absolute atomic E-state index is 10.6. The third-order valence-electron chi connectivity index (χ3n) is 3.87. The van der Waals surface area contributed by atoms with E-state index in [1.54, 1.807) is 18.2 Å². The van der Waals surface area contributed by atoms with E-state index in [-0.39, 0.29) is 18.3 Å². The van der Waals surface area contributed by atoms with Crippen LogP contribution >= 0.6 is 0 Å². The van der Waals surface area contributed by atoms with Crippen molar-refractivity contribution in [3.8, 4) is 11.5 Å². The van der Waals surface area contributed by atoms with Crippen LogP contribution in [0.2, 0.25) is 0 Å². The van der Waals surface area contributed by atoms with E-state index in [1.165, 1.54) is 0 Å². The topological polar surface area (TPSA) is 66.8 Å². The molecule has 1 aromatic rings. The first-order chi connectivity index (χ1) is 9.35. The summed E-state index contributed by atoms with van der Waals surface area (Å²) in [6.07, 6.45) is 3.75. The molecule has 0 saturated heterocycles. The van der Waals surface area contributed by atoms with E-state index in [1.807, 2.05) is 0 Å². The van der Waals surface area contributed by atoms with Gasteiger partial charge in [-0.3, -0.25) is 4.79 Å². The van der Waals surface area contributed by atoms with Crippen LogP contribution in [0.5, 0.6) is 11.5 Å². The molecule has 2 rings (SSSR count). The van der Waals surface area contributed by atoms with Crippen LogP contribution in [0.4, 0.5) is 0 Å². The zero-order valence-electron chi connectivity index (χ0n) is 12.1. The summed E-state index contributed by atoms with van der Waals surface area (Å²) >= 11 is 0. The van der Waals surface area contributed by atoms with E-state index in [9.17, 15) is 9.90 Å². The van der Waals surface area contributed by atoms with Gasteiger partial charge in [0.15, 0.2) is 11.5 Å². The molecule has 0 aromatic heterocycles. The lowest BCUT2D eigenvalue weighted by atomic mass is 9.92. The second-order valence-corrected chi connectivity index (χ2v) is 6.34.